The van der Waals surface area contributed by atoms with Crippen LogP contribution in [0.4, 0.5) is 0 Å². The highest BCUT2D eigenvalue weighted by Crippen LogP contribution is 2.15. The second kappa shape index (κ2) is 6.87. The Kier molecular flexibility index (Phi) is 5.40. The van der Waals surface area contributed by atoms with E-state index in [-0.39, 0.29) is 23.7 Å². The van der Waals surface area contributed by atoms with Crippen molar-refractivity contribution in [3.63, 3.8) is 0 Å². The lowest BCUT2D eigenvalue weighted by molar-refractivity contribution is -0.135. The number of hydrogen-bond acceptors (Lipinski definition) is 4. The van der Waals surface area contributed by atoms with E-state index in [4.69, 9.17) is 0 Å². The van der Waals surface area contributed by atoms with E-state index < -0.39 is 10.0 Å². The van der Waals surface area contributed by atoms with Gasteiger partial charge in [0.1, 0.15) is 0 Å². The van der Waals surface area contributed by atoms with E-state index in [9.17, 15) is 13.2 Å². The fourth-order valence-corrected chi connectivity index (χ4v) is 3.75. The third-order valence-electron chi connectivity index (χ3n) is 4.14. The van der Waals surface area contributed by atoms with E-state index in [0.29, 0.717) is 25.9 Å². The number of nitrogens with one attached hydrogen (secondary N) is 2. The topological polar surface area (TPSA) is 78.5 Å². The first-order valence-corrected chi connectivity index (χ1v) is 9.19. The largest absolute Gasteiger partial charge is 0.341 e. The molecule has 0 aromatic heterocycles. The summed E-state index contributed by atoms with van der Waals surface area (Å²) in [7, 11) is -3.14. The highest BCUT2D eigenvalue weighted by atomic mass is 32.2. The van der Waals surface area contributed by atoms with Crippen LogP contribution in [0.15, 0.2) is 0 Å². The van der Waals surface area contributed by atoms with Crippen LogP contribution in [-0.4, -0.2) is 56.7 Å². The number of hydrogen-bond donors (Lipinski definition) is 2. The van der Waals surface area contributed by atoms with E-state index in [1.807, 2.05) is 4.90 Å². The molecule has 0 bridgehead atoms. The number of nitrogens with zero attached hydrogens (tertiary/aromatic N) is 1. The lowest BCUT2D eigenvalue weighted by atomic mass is 10.0. The maximum Gasteiger partial charge on any atom is 0.239 e. The third-order valence-corrected chi connectivity index (χ3v) is 5.59. The Morgan fingerprint density at radius 3 is 2.50 bits per heavy atom. The van der Waals surface area contributed by atoms with Crippen LogP contribution in [0.3, 0.4) is 0 Å². The molecule has 7 heteroatoms. The molecule has 20 heavy (non-hydrogen) atoms. The van der Waals surface area contributed by atoms with Gasteiger partial charge in [-0.05, 0) is 39.2 Å². The van der Waals surface area contributed by atoms with Gasteiger partial charge in [-0.2, -0.15) is 0 Å². The van der Waals surface area contributed by atoms with Gasteiger partial charge in [-0.15, -0.1) is 0 Å². The van der Waals surface area contributed by atoms with Gasteiger partial charge in [0.15, 0.2) is 0 Å². The molecule has 116 valence electrons. The van der Waals surface area contributed by atoms with Crippen molar-refractivity contribution in [2.45, 2.75) is 51.1 Å². The Bertz CT molecular complexity index is 424. The smallest absolute Gasteiger partial charge is 0.239 e. The van der Waals surface area contributed by atoms with E-state index in [0.717, 1.165) is 25.8 Å². The number of amides is 1. The molecule has 2 fully saturated rings. The zero-order valence-electron chi connectivity index (χ0n) is 12.1. The minimum Gasteiger partial charge on any atom is -0.341 e. The first kappa shape index (κ1) is 15.7. The van der Waals surface area contributed by atoms with Gasteiger partial charge in [0.25, 0.3) is 0 Å². The van der Waals surface area contributed by atoms with Crippen LogP contribution >= 0.6 is 0 Å². The SMILES string of the molecule is CCS(=O)(=O)NC1CCN(C(=O)[C@H]2CCCCN2)CC1. The van der Waals surface area contributed by atoms with Crippen molar-refractivity contribution in [3.8, 4) is 0 Å². The summed E-state index contributed by atoms with van der Waals surface area (Å²) in [6, 6.07) is -0.0593. The Morgan fingerprint density at radius 2 is 1.95 bits per heavy atom. The van der Waals surface area contributed by atoms with Crippen molar-refractivity contribution < 1.29 is 13.2 Å². The van der Waals surface area contributed by atoms with Crippen LogP contribution < -0.4 is 10.0 Å². The van der Waals surface area contributed by atoms with Gasteiger partial charge in [-0.1, -0.05) is 6.42 Å². The van der Waals surface area contributed by atoms with Crippen molar-refractivity contribution in [1.29, 1.82) is 0 Å². The fourth-order valence-electron chi connectivity index (χ4n) is 2.84. The van der Waals surface area contributed by atoms with Crippen LogP contribution in [0.5, 0.6) is 0 Å². The van der Waals surface area contributed by atoms with Crippen LogP contribution in [0.25, 0.3) is 0 Å². The summed E-state index contributed by atoms with van der Waals surface area (Å²) in [5, 5.41) is 3.27. The molecule has 2 rings (SSSR count). The number of rotatable bonds is 4. The Labute approximate surface area is 121 Å². The summed E-state index contributed by atoms with van der Waals surface area (Å²) in [4.78, 5) is 14.2. The van der Waals surface area contributed by atoms with Gasteiger partial charge in [-0.25, -0.2) is 13.1 Å². The maximum atomic E-state index is 12.3. The molecule has 2 saturated heterocycles. The Hall–Kier alpha value is -0.660. The van der Waals surface area contributed by atoms with Crippen LogP contribution in [0, 0.1) is 0 Å². The lowest BCUT2D eigenvalue weighted by Gasteiger charge is -2.35. The van der Waals surface area contributed by atoms with Crippen LogP contribution in [0.2, 0.25) is 0 Å². The van der Waals surface area contributed by atoms with Gasteiger partial charge in [0.05, 0.1) is 11.8 Å². The molecule has 1 atom stereocenters. The average Bonchev–Trinajstić information content (AvgIpc) is 2.48. The molecule has 0 radical (unpaired) electrons. The molecular formula is C13H25N3O3S. The van der Waals surface area contributed by atoms with Crippen molar-refractivity contribution in [3.05, 3.63) is 0 Å². The predicted molar refractivity (Wildman–Crippen MR) is 77.8 cm³/mol. The summed E-state index contributed by atoms with van der Waals surface area (Å²) in [6.45, 7) is 3.85. The maximum absolute atomic E-state index is 12.3. The zero-order chi connectivity index (χ0) is 14.6. The molecule has 0 spiro atoms. The second-order valence-electron chi connectivity index (χ2n) is 5.62. The molecule has 1 amide bonds. The van der Waals surface area contributed by atoms with E-state index in [1.54, 1.807) is 6.92 Å². The summed E-state index contributed by atoms with van der Waals surface area (Å²) >= 11 is 0. The third kappa shape index (κ3) is 4.17. The molecule has 0 aliphatic carbocycles. The summed E-state index contributed by atoms with van der Waals surface area (Å²) < 4.78 is 25.8. The van der Waals surface area contributed by atoms with E-state index in [1.165, 1.54) is 0 Å². The van der Waals surface area contributed by atoms with E-state index in [2.05, 4.69) is 10.0 Å². The highest BCUT2D eigenvalue weighted by Gasteiger charge is 2.29. The molecule has 2 N–H and O–H groups in total. The second-order valence-corrected chi connectivity index (χ2v) is 7.67. The molecule has 6 nitrogen and oxygen atoms in total. The van der Waals surface area contributed by atoms with Crippen molar-refractivity contribution in [1.82, 2.24) is 14.9 Å². The summed E-state index contributed by atoms with van der Waals surface area (Å²) in [5.41, 5.74) is 0. The summed E-state index contributed by atoms with van der Waals surface area (Å²) in [6.07, 6.45) is 4.58. The van der Waals surface area contributed by atoms with Crippen LogP contribution in [0.1, 0.15) is 39.0 Å². The van der Waals surface area contributed by atoms with Gasteiger partial charge in [-0.3, -0.25) is 4.79 Å². The normalized spacial score (nSPS) is 25.6. The summed E-state index contributed by atoms with van der Waals surface area (Å²) in [5.74, 6) is 0.291. The quantitative estimate of drug-likeness (QED) is 0.770. The van der Waals surface area contributed by atoms with E-state index >= 15 is 0 Å². The minimum atomic E-state index is -3.14. The minimum absolute atomic E-state index is 0.0247. The van der Waals surface area contributed by atoms with Crippen LogP contribution in [-0.2, 0) is 14.8 Å². The Balaban J connectivity index is 1.80. The molecule has 0 unspecified atom stereocenters. The number of piperidine rings is 2. The fraction of sp³-hybridized carbons (Fsp3) is 0.923. The number of carbonyl (C=O) groups is 1. The Morgan fingerprint density at radius 1 is 1.25 bits per heavy atom. The first-order valence-electron chi connectivity index (χ1n) is 7.54. The molecule has 0 aromatic carbocycles. The standard InChI is InChI=1S/C13H25N3O3S/c1-2-20(18,19)15-11-6-9-16(10-7-11)13(17)12-5-3-4-8-14-12/h11-12,14-15H,2-10H2,1H3/t12-/m1/s1. The van der Waals surface area contributed by atoms with Crippen molar-refractivity contribution in [2.24, 2.45) is 0 Å². The zero-order valence-corrected chi connectivity index (χ0v) is 12.9. The monoisotopic (exact) mass is 303 g/mol. The highest BCUT2D eigenvalue weighted by molar-refractivity contribution is 7.89. The number of likely N-dealkylation sites (tertiary alicyclic amines) is 1. The van der Waals surface area contributed by atoms with Gasteiger partial charge >= 0.3 is 0 Å². The molecular weight excluding hydrogens is 278 g/mol. The van der Waals surface area contributed by atoms with Gasteiger partial charge in [0.2, 0.25) is 15.9 Å². The molecule has 2 heterocycles. The molecule has 0 saturated carbocycles. The number of carbonyl (C=O) groups excluding carboxylic acids is 1. The van der Waals surface area contributed by atoms with Crippen molar-refractivity contribution in [2.75, 3.05) is 25.4 Å². The molecule has 0 aromatic rings. The molecule has 2 aliphatic heterocycles. The predicted octanol–water partition coefficient (Wildman–Crippen LogP) is 0.0588. The first-order chi connectivity index (χ1) is 9.52. The average molecular weight is 303 g/mol. The number of sulfonamides is 1. The lowest BCUT2D eigenvalue weighted by Crippen LogP contribution is -2.53. The van der Waals surface area contributed by atoms with Gasteiger partial charge < -0.3 is 10.2 Å². The van der Waals surface area contributed by atoms with Gasteiger partial charge in [0, 0.05) is 19.1 Å². The molecule has 2 aliphatic rings. The van der Waals surface area contributed by atoms with Crippen molar-refractivity contribution >= 4 is 15.9 Å².